The number of aliphatic carboxylic acids is 1. The van der Waals surface area contributed by atoms with Crippen LogP contribution in [0.5, 0.6) is 0 Å². The van der Waals surface area contributed by atoms with Gasteiger partial charge in [0.2, 0.25) is 6.35 Å². The third-order valence-corrected chi connectivity index (χ3v) is 1.69. The number of nitrogens with zero attached hydrogens (tertiary/aromatic N) is 1. The van der Waals surface area contributed by atoms with E-state index in [0.717, 1.165) is 4.90 Å². The SMILES string of the molecule is CC#CC1=CN(CC(=O)O)C(O)NC1=O. The molecule has 1 heterocycles. The van der Waals surface area contributed by atoms with E-state index < -0.39 is 24.8 Å². The van der Waals surface area contributed by atoms with E-state index in [0.29, 0.717) is 0 Å². The van der Waals surface area contributed by atoms with E-state index in [1.807, 2.05) is 0 Å². The number of amides is 1. The van der Waals surface area contributed by atoms with Gasteiger partial charge in [-0.1, -0.05) is 5.92 Å². The fraction of sp³-hybridized carbons (Fsp3) is 0.333. The molecule has 0 aromatic rings. The van der Waals surface area contributed by atoms with Gasteiger partial charge in [-0.3, -0.25) is 9.59 Å². The molecule has 0 saturated heterocycles. The summed E-state index contributed by atoms with van der Waals surface area (Å²) in [6, 6.07) is 0. The Bertz CT molecular complexity index is 377. The maximum absolute atomic E-state index is 11.2. The number of carboxylic acids is 1. The van der Waals surface area contributed by atoms with Crippen molar-refractivity contribution in [3.05, 3.63) is 11.8 Å². The molecule has 1 aliphatic rings. The van der Waals surface area contributed by atoms with Gasteiger partial charge in [-0.25, -0.2) is 0 Å². The first kappa shape index (κ1) is 11.1. The van der Waals surface area contributed by atoms with Gasteiger partial charge in [0.25, 0.3) is 5.91 Å². The van der Waals surface area contributed by atoms with Gasteiger partial charge < -0.3 is 20.4 Å². The van der Waals surface area contributed by atoms with E-state index in [-0.39, 0.29) is 5.57 Å². The molecule has 3 N–H and O–H groups in total. The van der Waals surface area contributed by atoms with Gasteiger partial charge >= 0.3 is 5.97 Å². The molecule has 0 fully saturated rings. The van der Waals surface area contributed by atoms with Crippen molar-refractivity contribution in [1.82, 2.24) is 10.2 Å². The number of aliphatic hydroxyl groups excluding tert-OH is 1. The first-order chi connectivity index (χ1) is 7.04. The second kappa shape index (κ2) is 4.48. The first-order valence-corrected chi connectivity index (χ1v) is 4.15. The van der Waals surface area contributed by atoms with Crippen LogP contribution in [-0.4, -0.2) is 39.9 Å². The molecule has 1 amide bonds. The number of carbonyl (C=O) groups excluding carboxylic acids is 1. The summed E-state index contributed by atoms with van der Waals surface area (Å²) in [5.41, 5.74) is 0.129. The van der Waals surface area contributed by atoms with Crippen molar-refractivity contribution in [2.75, 3.05) is 6.54 Å². The van der Waals surface area contributed by atoms with E-state index in [1.165, 1.54) is 6.20 Å². The van der Waals surface area contributed by atoms with Crippen molar-refractivity contribution in [2.24, 2.45) is 0 Å². The van der Waals surface area contributed by atoms with Crippen LogP contribution in [0.15, 0.2) is 11.8 Å². The van der Waals surface area contributed by atoms with Gasteiger partial charge in [-0.15, -0.1) is 5.92 Å². The standard InChI is InChI=1S/C9H10N2O4/c1-2-3-6-4-11(5-7(12)13)9(15)10-8(6)14/h4,9,15H,5H2,1H3,(H,10,14)(H,12,13). The zero-order valence-corrected chi connectivity index (χ0v) is 8.02. The largest absolute Gasteiger partial charge is 0.480 e. The quantitative estimate of drug-likeness (QED) is 0.492. The minimum atomic E-state index is -1.32. The molecular formula is C9H10N2O4. The van der Waals surface area contributed by atoms with Crippen LogP contribution < -0.4 is 5.32 Å². The topological polar surface area (TPSA) is 89.9 Å². The normalized spacial score (nSPS) is 19.9. The first-order valence-electron chi connectivity index (χ1n) is 4.15. The predicted octanol–water partition coefficient (Wildman–Crippen LogP) is -1.31. The van der Waals surface area contributed by atoms with Crippen molar-refractivity contribution >= 4 is 11.9 Å². The average molecular weight is 210 g/mol. The summed E-state index contributed by atoms with van der Waals surface area (Å²) in [7, 11) is 0. The van der Waals surface area contributed by atoms with Crippen LogP contribution in [0.25, 0.3) is 0 Å². The molecule has 1 atom stereocenters. The summed E-state index contributed by atoms with van der Waals surface area (Å²) >= 11 is 0. The van der Waals surface area contributed by atoms with Crippen molar-refractivity contribution in [1.29, 1.82) is 0 Å². The van der Waals surface area contributed by atoms with Crippen LogP contribution >= 0.6 is 0 Å². The van der Waals surface area contributed by atoms with E-state index in [2.05, 4.69) is 17.2 Å². The number of hydrogen-bond acceptors (Lipinski definition) is 4. The van der Waals surface area contributed by atoms with E-state index >= 15 is 0 Å². The lowest BCUT2D eigenvalue weighted by atomic mass is 10.2. The van der Waals surface area contributed by atoms with Crippen LogP contribution in [-0.2, 0) is 9.59 Å². The van der Waals surface area contributed by atoms with E-state index in [1.54, 1.807) is 6.92 Å². The van der Waals surface area contributed by atoms with Crippen LogP contribution in [0.3, 0.4) is 0 Å². The minimum absolute atomic E-state index is 0.129. The van der Waals surface area contributed by atoms with Crippen LogP contribution in [0.2, 0.25) is 0 Å². The zero-order chi connectivity index (χ0) is 11.4. The highest BCUT2D eigenvalue weighted by Gasteiger charge is 2.25. The minimum Gasteiger partial charge on any atom is -0.480 e. The summed E-state index contributed by atoms with van der Waals surface area (Å²) in [6.45, 7) is 1.15. The molecule has 0 aliphatic carbocycles. The molecule has 6 nitrogen and oxygen atoms in total. The highest BCUT2D eigenvalue weighted by molar-refractivity contribution is 5.98. The molecule has 1 unspecified atom stereocenters. The maximum Gasteiger partial charge on any atom is 0.323 e. The molecule has 0 bridgehead atoms. The van der Waals surface area contributed by atoms with Crippen LogP contribution in [0, 0.1) is 11.8 Å². The highest BCUT2D eigenvalue weighted by atomic mass is 16.4. The maximum atomic E-state index is 11.2. The monoisotopic (exact) mass is 210 g/mol. The Morgan fingerprint density at radius 1 is 1.73 bits per heavy atom. The lowest BCUT2D eigenvalue weighted by Gasteiger charge is -2.29. The molecule has 80 valence electrons. The summed E-state index contributed by atoms with van der Waals surface area (Å²) in [4.78, 5) is 22.7. The molecule has 0 saturated carbocycles. The Balaban J connectivity index is 2.90. The molecule has 0 aromatic carbocycles. The third kappa shape index (κ3) is 2.72. The van der Waals surface area contributed by atoms with Gasteiger partial charge in [0.15, 0.2) is 0 Å². The van der Waals surface area contributed by atoms with Gasteiger partial charge in [-0.2, -0.15) is 0 Å². The smallest absolute Gasteiger partial charge is 0.323 e. The lowest BCUT2D eigenvalue weighted by Crippen LogP contribution is -2.51. The summed E-state index contributed by atoms with van der Waals surface area (Å²) in [5.74, 6) is 3.41. The van der Waals surface area contributed by atoms with Crippen LogP contribution in [0.1, 0.15) is 6.92 Å². The van der Waals surface area contributed by atoms with Crippen molar-refractivity contribution in [3.63, 3.8) is 0 Å². The van der Waals surface area contributed by atoms with Crippen LogP contribution in [0.4, 0.5) is 0 Å². The molecule has 0 radical (unpaired) electrons. The summed E-state index contributed by atoms with van der Waals surface area (Å²) < 4.78 is 0. The molecule has 0 aromatic heterocycles. The van der Waals surface area contributed by atoms with E-state index in [9.17, 15) is 14.7 Å². The summed E-state index contributed by atoms with van der Waals surface area (Å²) in [6.07, 6.45) is -0.0929. The number of aliphatic hydroxyl groups is 1. The Morgan fingerprint density at radius 3 is 2.93 bits per heavy atom. The Labute approximate surface area is 86.2 Å². The Kier molecular flexibility index (Phi) is 3.31. The second-order valence-corrected chi connectivity index (χ2v) is 2.83. The van der Waals surface area contributed by atoms with E-state index in [4.69, 9.17) is 5.11 Å². The molecule has 0 spiro atoms. The molecular weight excluding hydrogens is 200 g/mol. The van der Waals surface area contributed by atoms with Gasteiger partial charge in [0.05, 0.1) is 0 Å². The lowest BCUT2D eigenvalue weighted by molar-refractivity contribution is -0.142. The average Bonchev–Trinajstić information content (AvgIpc) is 2.12. The molecule has 1 aliphatic heterocycles. The van der Waals surface area contributed by atoms with Crippen molar-refractivity contribution in [2.45, 2.75) is 13.3 Å². The fourth-order valence-corrected chi connectivity index (χ4v) is 1.08. The highest BCUT2D eigenvalue weighted by Crippen LogP contribution is 2.07. The molecule has 1 rings (SSSR count). The predicted molar refractivity (Wildman–Crippen MR) is 50.0 cm³/mol. The third-order valence-electron chi connectivity index (χ3n) is 1.69. The number of rotatable bonds is 2. The number of carbonyl (C=O) groups is 2. The molecule has 6 heteroatoms. The van der Waals surface area contributed by atoms with Gasteiger partial charge in [0, 0.05) is 6.20 Å². The number of carboxylic acid groups (broad SMARTS) is 1. The van der Waals surface area contributed by atoms with Crippen molar-refractivity contribution < 1.29 is 19.8 Å². The van der Waals surface area contributed by atoms with Gasteiger partial charge in [0.1, 0.15) is 12.1 Å². The second-order valence-electron chi connectivity index (χ2n) is 2.83. The number of hydrogen-bond donors (Lipinski definition) is 3. The summed E-state index contributed by atoms with van der Waals surface area (Å²) in [5, 5.41) is 20.0. The Morgan fingerprint density at radius 2 is 2.40 bits per heavy atom. The van der Waals surface area contributed by atoms with Gasteiger partial charge in [-0.05, 0) is 6.92 Å². The fourth-order valence-electron chi connectivity index (χ4n) is 1.08. The number of nitrogens with one attached hydrogen (secondary N) is 1. The zero-order valence-electron chi connectivity index (χ0n) is 8.02. The molecule has 15 heavy (non-hydrogen) atoms. The Hall–Kier alpha value is -2.00. The van der Waals surface area contributed by atoms with Crippen molar-refractivity contribution in [3.8, 4) is 11.8 Å².